The van der Waals surface area contributed by atoms with Gasteiger partial charge in [-0.3, -0.25) is 57.6 Å². The zero-order chi connectivity index (χ0) is 76.6. The molecule has 2 aliphatic rings. The maximum Gasteiger partial charge on any atom is 0.246 e. The van der Waals surface area contributed by atoms with Gasteiger partial charge >= 0.3 is 0 Å². The number of likely N-dealkylation sites (N-methyl/N-ethyl adjacent to an activating group) is 6. The normalized spacial score (nSPS) is 26.5. The average molecular weight is 1430 g/mol. The quantitative estimate of drug-likeness (QED) is 0.0809. The smallest absolute Gasteiger partial charge is 0.246 e. The van der Waals surface area contributed by atoms with Gasteiger partial charge in [-0.1, -0.05) is 95.9 Å². The standard InChI is InChI=1S/C71H128N16O14/c1-24-52-68(96)80(18)49(15)67(95)85(23)59(50(16)101-35-29-28-31-86-33-36-100-37-34-86)65(93)75-56(44(8)9)71(99)81(19)53(38-41(2)3)62(90)72-47(13)61(89)73-48(14)66(94)82(20)54(39-42(4)5)69(97)83(21)55(40-43(6)7)70(98)84(22)58(45(10)11)64(92)76-57(63(91)74-52)60(88)46(12)30-26-25-27-32-87-78-51(17)77-79-87/h41-50,52-60,88H,24-40H2,1-23H3,(H,72,90)(H,73,89)(H,74,91)(H,75,93)(H,76,92)/t46-,47+,48-,49-,50-,52+,53+,54+,55+,56+,57+,58+,59+,60-/m1/s1. The van der Waals surface area contributed by atoms with Gasteiger partial charge in [0, 0.05) is 62.0 Å². The summed E-state index contributed by atoms with van der Waals surface area (Å²) in [6.45, 7) is 33.5. The molecule has 576 valence electrons. The number of aromatic nitrogens is 4. The monoisotopic (exact) mass is 1430 g/mol. The van der Waals surface area contributed by atoms with Gasteiger partial charge in [0.1, 0.15) is 66.5 Å². The van der Waals surface area contributed by atoms with Crippen LogP contribution in [0.1, 0.15) is 181 Å². The molecule has 14 atom stereocenters. The molecule has 3 heterocycles. The molecule has 0 spiro atoms. The first-order valence-electron chi connectivity index (χ1n) is 36.7. The van der Waals surface area contributed by atoms with Gasteiger partial charge in [-0.2, -0.15) is 4.80 Å². The lowest BCUT2D eigenvalue weighted by atomic mass is 9.91. The van der Waals surface area contributed by atoms with Crippen molar-refractivity contribution >= 4 is 65.0 Å². The first kappa shape index (κ1) is 88.3. The molecule has 0 aliphatic carbocycles. The number of hydrogen-bond donors (Lipinski definition) is 6. The second-order valence-electron chi connectivity index (χ2n) is 30.1. The first-order valence-corrected chi connectivity index (χ1v) is 36.7. The van der Waals surface area contributed by atoms with Crippen molar-refractivity contribution in [2.45, 2.75) is 267 Å². The van der Waals surface area contributed by atoms with E-state index in [-0.39, 0.29) is 50.0 Å². The van der Waals surface area contributed by atoms with Gasteiger partial charge < -0.3 is 70.6 Å². The Kier molecular flexibility index (Phi) is 36.7. The van der Waals surface area contributed by atoms with Crippen molar-refractivity contribution in [2.75, 3.05) is 81.7 Å². The van der Waals surface area contributed by atoms with Gasteiger partial charge in [-0.15, -0.1) is 10.2 Å². The van der Waals surface area contributed by atoms with Crippen molar-refractivity contribution in [3.05, 3.63) is 5.82 Å². The number of aryl methyl sites for hydroxylation is 2. The molecule has 0 aromatic carbocycles. The summed E-state index contributed by atoms with van der Waals surface area (Å²) in [5, 5.41) is 38.4. The highest BCUT2D eigenvalue weighted by atomic mass is 16.5. The van der Waals surface area contributed by atoms with Crippen LogP contribution in [0.15, 0.2) is 0 Å². The van der Waals surface area contributed by atoms with Crippen molar-refractivity contribution in [3.63, 3.8) is 0 Å². The minimum Gasteiger partial charge on any atom is -0.390 e. The molecule has 0 radical (unpaired) electrons. The maximum atomic E-state index is 15.2. The van der Waals surface area contributed by atoms with Crippen LogP contribution in [-0.4, -0.2) is 285 Å². The first-order chi connectivity index (χ1) is 47.2. The highest BCUT2D eigenvalue weighted by Gasteiger charge is 2.45. The van der Waals surface area contributed by atoms with Crippen molar-refractivity contribution in [3.8, 4) is 0 Å². The minimum atomic E-state index is -1.71. The summed E-state index contributed by atoms with van der Waals surface area (Å²) >= 11 is 0. The number of hydrogen-bond acceptors (Lipinski definition) is 18. The number of nitrogens with zero attached hydrogens (tertiary/aromatic N) is 11. The Morgan fingerprint density at radius 1 is 0.505 bits per heavy atom. The second kappa shape index (κ2) is 42.0. The van der Waals surface area contributed by atoms with Crippen molar-refractivity contribution < 1.29 is 67.3 Å². The summed E-state index contributed by atoms with van der Waals surface area (Å²) in [6, 6.07) is -14.4. The Morgan fingerprint density at radius 3 is 1.54 bits per heavy atom. The largest absolute Gasteiger partial charge is 0.390 e. The molecule has 0 unspecified atom stereocenters. The molecule has 6 N–H and O–H groups in total. The topological polar surface area (TPSA) is 353 Å². The van der Waals surface area contributed by atoms with Gasteiger partial charge in [0.15, 0.2) is 5.82 Å². The number of ether oxygens (including phenoxy) is 2. The van der Waals surface area contributed by atoms with Gasteiger partial charge in [-0.25, -0.2) is 0 Å². The molecule has 30 heteroatoms. The Balaban J connectivity index is 2.28. The fraction of sp³-hybridized carbons (Fsp3) is 0.831. The van der Waals surface area contributed by atoms with E-state index in [9.17, 15) is 29.1 Å². The summed E-state index contributed by atoms with van der Waals surface area (Å²) in [7, 11) is 8.52. The summed E-state index contributed by atoms with van der Waals surface area (Å²) in [6.07, 6.45) is 1.54. The number of morpholine rings is 1. The van der Waals surface area contributed by atoms with E-state index in [1.807, 2.05) is 41.5 Å². The minimum absolute atomic E-state index is 0.0251. The van der Waals surface area contributed by atoms with E-state index in [1.54, 1.807) is 55.4 Å². The summed E-state index contributed by atoms with van der Waals surface area (Å²) in [5.74, 6) is -9.77. The maximum absolute atomic E-state index is 15.2. The zero-order valence-corrected chi connectivity index (χ0v) is 65.2. The lowest BCUT2D eigenvalue weighted by molar-refractivity contribution is -0.154. The fourth-order valence-corrected chi connectivity index (χ4v) is 13.0. The average Bonchev–Trinajstić information content (AvgIpc) is 1.19. The lowest BCUT2D eigenvalue weighted by Gasteiger charge is -2.40. The third-order valence-corrected chi connectivity index (χ3v) is 19.5. The van der Waals surface area contributed by atoms with Crippen LogP contribution in [-0.2, 0) is 68.8 Å². The predicted molar refractivity (Wildman–Crippen MR) is 382 cm³/mol. The van der Waals surface area contributed by atoms with Crippen LogP contribution in [0.3, 0.4) is 0 Å². The Labute approximate surface area is 601 Å². The molecule has 11 amide bonds. The van der Waals surface area contributed by atoms with E-state index >= 15 is 28.8 Å². The fourth-order valence-electron chi connectivity index (χ4n) is 13.0. The highest BCUT2D eigenvalue weighted by Crippen LogP contribution is 2.25. The highest BCUT2D eigenvalue weighted by molar-refractivity contribution is 6.00. The number of rotatable bonds is 24. The van der Waals surface area contributed by atoms with Crippen LogP contribution in [0.5, 0.6) is 0 Å². The Hall–Kier alpha value is -6.92. The summed E-state index contributed by atoms with van der Waals surface area (Å²) in [4.78, 5) is 175. The molecule has 1 aromatic rings. The van der Waals surface area contributed by atoms with Crippen LogP contribution < -0.4 is 26.6 Å². The number of unbranched alkanes of at least 4 members (excludes halogenated alkanes) is 3. The molecule has 1 aromatic heterocycles. The molecule has 3 rings (SSSR count). The Bertz CT molecular complexity index is 2870. The molecule has 30 nitrogen and oxygen atoms in total. The van der Waals surface area contributed by atoms with Crippen molar-refractivity contribution in [1.82, 2.24) is 81.1 Å². The molecule has 0 bridgehead atoms. The SMILES string of the molecule is CC[C@@H]1NC(=O)[C@H]([C@H](O)[C@H](C)CCCCCn2nnc(C)n2)NC(=O)[C@H](C(C)C)N(C)C(=O)[C@H](CC(C)C)N(C)C(=O)[C@H](CC(C)C)N(C)C(=O)[C@@H](C)NC(=O)[C@H](C)NC(=O)[C@H](CC(C)C)N(C)C(=O)[C@H](C(C)C)NC(=O)[C@H]([C@@H](C)OCCCCN2CCOCC2)N(C)C(=O)[C@@H](C)N(C)C1=O. The number of aliphatic hydroxyl groups excluding tert-OH is 1. The van der Waals surface area contributed by atoms with Gasteiger partial charge in [0.2, 0.25) is 65.0 Å². The third kappa shape index (κ3) is 26.1. The molecule has 0 saturated carbocycles. The van der Waals surface area contributed by atoms with Crippen LogP contribution >= 0.6 is 0 Å². The number of amides is 11. The zero-order valence-electron chi connectivity index (χ0n) is 65.2. The van der Waals surface area contributed by atoms with Gasteiger partial charge in [0.05, 0.1) is 32.0 Å². The van der Waals surface area contributed by atoms with E-state index in [1.165, 1.54) is 92.4 Å². The van der Waals surface area contributed by atoms with Crippen LogP contribution in [0, 0.1) is 42.4 Å². The second-order valence-corrected chi connectivity index (χ2v) is 30.1. The molecule has 2 aliphatic heterocycles. The summed E-state index contributed by atoms with van der Waals surface area (Å²) < 4.78 is 11.9. The number of carbonyl (C=O) groups excluding carboxylic acids is 11. The number of carbonyl (C=O) groups is 11. The third-order valence-electron chi connectivity index (χ3n) is 19.5. The molecule has 101 heavy (non-hydrogen) atoms. The molecular formula is C71H128N16O14. The number of tetrazole rings is 1. The van der Waals surface area contributed by atoms with Crippen LogP contribution in [0.25, 0.3) is 0 Å². The number of aliphatic hydroxyl groups is 1. The predicted octanol–water partition coefficient (Wildman–Crippen LogP) is 2.38. The van der Waals surface area contributed by atoms with E-state index in [4.69, 9.17) is 9.47 Å². The van der Waals surface area contributed by atoms with Crippen molar-refractivity contribution in [1.29, 1.82) is 0 Å². The Morgan fingerprint density at radius 2 is 1.01 bits per heavy atom. The van der Waals surface area contributed by atoms with Gasteiger partial charge in [-0.05, 0) is 133 Å². The van der Waals surface area contributed by atoms with E-state index < -0.39 is 161 Å². The van der Waals surface area contributed by atoms with Crippen molar-refractivity contribution in [2.24, 2.45) is 35.5 Å². The van der Waals surface area contributed by atoms with Gasteiger partial charge in [0.25, 0.3) is 0 Å². The van der Waals surface area contributed by atoms with E-state index in [0.717, 1.165) is 31.0 Å². The molecule has 2 saturated heterocycles. The van der Waals surface area contributed by atoms with Crippen LogP contribution in [0.4, 0.5) is 0 Å². The molecular weight excluding hydrogens is 1300 g/mol. The lowest BCUT2D eigenvalue weighted by Crippen LogP contribution is -2.64. The van der Waals surface area contributed by atoms with E-state index in [2.05, 4.69) is 46.9 Å². The van der Waals surface area contributed by atoms with Crippen LogP contribution in [0.2, 0.25) is 0 Å². The number of nitrogens with one attached hydrogen (secondary N) is 5. The molecule has 2 fully saturated rings. The van der Waals surface area contributed by atoms with E-state index in [0.29, 0.717) is 57.7 Å². The summed E-state index contributed by atoms with van der Waals surface area (Å²) in [5.41, 5.74) is 0.